The van der Waals surface area contributed by atoms with Crippen molar-refractivity contribution in [1.82, 2.24) is 4.98 Å². The highest BCUT2D eigenvalue weighted by Crippen LogP contribution is 2.22. The number of nitrogens with two attached hydrogens (primary N) is 1. The van der Waals surface area contributed by atoms with Gasteiger partial charge in [0.15, 0.2) is 0 Å². The van der Waals surface area contributed by atoms with E-state index in [9.17, 15) is 4.79 Å². The highest BCUT2D eigenvalue weighted by atomic mass is 16.5. The molecule has 2 aromatic rings. The van der Waals surface area contributed by atoms with Crippen LogP contribution in [-0.2, 0) is 16.1 Å². The fourth-order valence-corrected chi connectivity index (χ4v) is 1.53. The number of aromatic nitrogens is 1. The Balaban J connectivity index is 2.55. The summed E-state index contributed by atoms with van der Waals surface area (Å²) >= 11 is 0. The van der Waals surface area contributed by atoms with Crippen LogP contribution in [0.4, 0.5) is 5.69 Å². The molecule has 0 fully saturated rings. The Morgan fingerprint density at radius 3 is 3.00 bits per heavy atom. The molecule has 1 aromatic heterocycles. The topological polar surface area (TPSA) is 65.2 Å². The molecule has 0 amide bonds. The predicted octanol–water partition coefficient (Wildman–Crippen LogP) is 1.49. The van der Waals surface area contributed by atoms with Gasteiger partial charge in [-0.2, -0.15) is 0 Å². The lowest BCUT2D eigenvalue weighted by Gasteiger charge is -2.06. The van der Waals surface area contributed by atoms with Gasteiger partial charge < -0.3 is 10.5 Å². The van der Waals surface area contributed by atoms with Crippen LogP contribution >= 0.6 is 0 Å². The Morgan fingerprint density at radius 2 is 2.20 bits per heavy atom. The molecule has 2 N–H and O–H groups in total. The van der Waals surface area contributed by atoms with Crippen molar-refractivity contribution in [2.24, 2.45) is 0 Å². The third kappa shape index (κ3) is 1.74. The number of nitrogens with zero attached hydrogens (tertiary/aromatic N) is 1. The van der Waals surface area contributed by atoms with E-state index in [1.54, 1.807) is 12.4 Å². The SMILES string of the molecule is Nc1cncc2c(COC=O)cccc12. The lowest BCUT2D eigenvalue weighted by atomic mass is 10.1. The van der Waals surface area contributed by atoms with Gasteiger partial charge in [0.2, 0.25) is 0 Å². The smallest absolute Gasteiger partial charge is 0.293 e. The fourth-order valence-electron chi connectivity index (χ4n) is 1.53. The number of hydrogen-bond donors (Lipinski definition) is 1. The largest absolute Gasteiger partial charge is 0.463 e. The zero-order chi connectivity index (χ0) is 10.7. The van der Waals surface area contributed by atoms with Gasteiger partial charge in [0.05, 0.1) is 11.9 Å². The van der Waals surface area contributed by atoms with Crippen molar-refractivity contribution >= 4 is 22.9 Å². The van der Waals surface area contributed by atoms with Crippen LogP contribution in [0, 0.1) is 0 Å². The Hall–Kier alpha value is -2.10. The number of benzene rings is 1. The summed E-state index contributed by atoms with van der Waals surface area (Å²) in [5, 5.41) is 1.84. The molecule has 0 aliphatic rings. The monoisotopic (exact) mass is 202 g/mol. The summed E-state index contributed by atoms with van der Waals surface area (Å²) in [6, 6.07) is 5.67. The van der Waals surface area contributed by atoms with Crippen molar-refractivity contribution in [2.75, 3.05) is 5.73 Å². The Labute approximate surface area is 86.7 Å². The molecule has 4 heteroatoms. The summed E-state index contributed by atoms with van der Waals surface area (Å²) in [6.45, 7) is 0.671. The molecule has 0 unspecified atom stereocenters. The van der Waals surface area contributed by atoms with E-state index in [2.05, 4.69) is 4.98 Å². The molecule has 1 aromatic carbocycles. The normalized spacial score (nSPS) is 10.1. The molecule has 0 saturated carbocycles. The van der Waals surface area contributed by atoms with E-state index in [1.807, 2.05) is 18.2 Å². The Bertz CT molecular complexity index is 497. The minimum Gasteiger partial charge on any atom is -0.463 e. The molecular weight excluding hydrogens is 192 g/mol. The third-order valence-electron chi connectivity index (χ3n) is 2.23. The van der Waals surface area contributed by atoms with Gasteiger partial charge >= 0.3 is 0 Å². The molecule has 76 valence electrons. The predicted molar refractivity (Wildman–Crippen MR) is 57.0 cm³/mol. The number of pyridine rings is 1. The van der Waals surface area contributed by atoms with Crippen LogP contribution < -0.4 is 5.73 Å². The Kier molecular flexibility index (Phi) is 2.49. The van der Waals surface area contributed by atoms with Gasteiger partial charge in [0, 0.05) is 17.0 Å². The van der Waals surface area contributed by atoms with Crippen molar-refractivity contribution in [2.45, 2.75) is 6.61 Å². The second kappa shape index (κ2) is 3.96. The van der Waals surface area contributed by atoms with Crippen LogP contribution in [0.3, 0.4) is 0 Å². The van der Waals surface area contributed by atoms with Crippen LogP contribution in [0.25, 0.3) is 10.8 Å². The standard InChI is InChI=1S/C11H10N2O2/c12-11-5-13-4-10-8(6-15-7-14)2-1-3-9(10)11/h1-5,7H,6,12H2. The van der Waals surface area contributed by atoms with Crippen molar-refractivity contribution in [3.05, 3.63) is 36.2 Å². The minimum atomic E-state index is 0.242. The van der Waals surface area contributed by atoms with Crippen molar-refractivity contribution in [1.29, 1.82) is 0 Å². The molecule has 0 saturated heterocycles. The zero-order valence-corrected chi connectivity index (χ0v) is 8.01. The summed E-state index contributed by atoms with van der Waals surface area (Å²) in [5.74, 6) is 0. The first kappa shape index (κ1) is 9.45. The number of carbonyl (C=O) groups is 1. The van der Waals surface area contributed by atoms with E-state index in [0.717, 1.165) is 16.3 Å². The first-order valence-electron chi connectivity index (χ1n) is 4.49. The van der Waals surface area contributed by atoms with Crippen LogP contribution in [0.15, 0.2) is 30.6 Å². The van der Waals surface area contributed by atoms with E-state index < -0.39 is 0 Å². The fraction of sp³-hybridized carbons (Fsp3) is 0.0909. The van der Waals surface area contributed by atoms with Gasteiger partial charge in [-0.3, -0.25) is 9.78 Å². The number of fused-ring (bicyclic) bond motifs is 1. The summed E-state index contributed by atoms with van der Waals surface area (Å²) in [4.78, 5) is 14.1. The number of anilines is 1. The van der Waals surface area contributed by atoms with E-state index in [4.69, 9.17) is 10.5 Å². The van der Waals surface area contributed by atoms with E-state index in [1.165, 1.54) is 0 Å². The van der Waals surface area contributed by atoms with E-state index in [-0.39, 0.29) is 6.61 Å². The number of ether oxygens (including phenoxy) is 1. The molecule has 4 nitrogen and oxygen atoms in total. The number of rotatable bonds is 3. The number of carbonyl (C=O) groups excluding carboxylic acids is 1. The highest BCUT2D eigenvalue weighted by Gasteiger charge is 2.03. The molecule has 0 atom stereocenters. The van der Waals surface area contributed by atoms with Gasteiger partial charge in [0.25, 0.3) is 6.47 Å². The van der Waals surface area contributed by atoms with E-state index in [0.29, 0.717) is 12.2 Å². The third-order valence-corrected chi connectivity index (χ3v) is 2.23. The van der Waals surface area contributed by atoms with Crippen molar-refractivity contribution in [3.8, 4) is 0 Å². The summed E-state index contributed by atoms with van der Waals surface area (Å²) < 4.78 is 4.72. The molecular formula is C11H10N2O2. The van der Waals surface area contributed by atoms with E-state index >= 15 is 0 Å². The summed E-state index contributed by atoms with van der Waals surface area (Å²) in [6.07, 6.45) is 3.32. The minimum absolute atomic E-state index is 0.242. The number of hydrogen-bond acceptors (Lipinski definition) is 4. The maximum absolute atomic E-state index is 10.1. The maximum Gasteiger partial charge on any atom is 0.293 e. The van der Waals surface area contributed by atoms with Crippen molar-refractivity contribution in [3.63, 3.8) is 0 Å². The van der Waals surface area contributed by atoms with Crippen LogP contribution in [0.2, 0.25) is 0 Å². The molecule has 0 aliphatic heterocycles. The van der Waals surface area contributed by atoms with Gasteiger partial charge in [-0.05, 0) is 5.56 Å². The van der Waals surface area contributed by atoms with Gasteiger partial charge in [0.1, 0.15) is 6.61 Å². The lowest BCUT2D eigenvalue weighted by molar-refractivity contribution is -0.129. The maximum atomic E-state index is 10.1. The molecule has 2 rings (SSSR count). The second-order valence-corrected chi connectivity index (χ2v) is 3.15. The van der Waals surface area contributed by atoms with Crippen LogP contribution in [-0.4, -0.2) is 11.5 Å². The lowest BCUT2D eigenvalue weighted by Crippen LogP contribution is -1.94. The Morgan fingerprint density at radius 1 is 1.33 bits per heavy atom. The summed E-state index contributed by atoms with van der Waals surface area (Å²) in [7, 11) is 0. The van der Waals surface area contributed by atoms with Gasteiger partial charge in [-0.15, -0.1) is 0 Å². The molecule has 0 bridgehead atoms. The molecule has 0 aliphatic carbocycles. The first-order chi connectivity index (χ1) is 7.33. The number of nitrogen functional groups attached to an aromatic ring is 1. The molecule has 1 heterocycles. The van der Waals surface area contributed by atoms with Gasteiger partial charge in [-0.25, -0.2) is 0 Å². The second-order valence-electron chi connectivity index (χ2n) is 3.15. The molecule has 0 spiro atoms. The molecule has 15 heavy (non-hydrogen) atoms. The average Bonchev–Trinajstić information content (AvgIpc) is 2.27. The van der Waals surface area contributed by atoms with Crippen molar-refractivity contribution < 1.29 is 9.53 Å². The highest BCUT2D eigenvalue weighted by molar-refractivity contribution is 5.93. The zero-order valence-electron chi connectivity index (χ0n) is 8.01. The molecule has 0 radical (unpaired) electrons. The quantitative estimate of drug-likeness (QED) is 0.766. The average molecular weight is 202 g/mol. The van der Waals surface area contributed by atoms with Crippen LogP contribution in [0.1, 0.15) is 5.56 Å². The first-order valence-corrected chi connectivity index (χ1v) is 4.49. The van der Waals surface area contributed by atoms with Crippen LogP contribution in [0.5, 0.6) is 0 Å². The van der Waals surface area contributed by atoms with Gasteiger partial charge in [-0.1, -0.05) is 18.2 Å². The summed E-state index contributed by atoms with van der Waals surface area (Å²) in [5.41, 5.74) is 7.31.